The fraction of sp³-hybridized carbons (Fsp3) is 0.462. The monoisotopic (exact) mass is 329 g/mol. The SMILES string of the molecule is C/N=C(/c1ccccc1I)C1(O)CCCC1. The Bertz CT molecular complexity index is 408. The van der Waals surface area contributed by atoms with Crippen LogP contribution in [-0.4, -0.2) is 23.5 Å². The Morgan fingerprint density at radius 2 is 1.94 bits per heavy atom. The quantitative estimate of drug-likeness (QED) is 0.657. The first-order valence-corrected chi connectivity index (χ1v) is 6.70. The Kier molecular flexibility index (Phi) is 3.64. The molecule has 0 heterocycles. The van der Waals surface area contributed by atoms with E-state index in [2.05, 4.69) is 33.6 Å². The molecule has 1 fully saturated rings. The van der Waals surface area contributed by atoms with Crippen molar-refractivity contribution in [1.29, 1.82) is 0 Å². The van der Waals surface area contributed by atoms with Crippen LogP contribution < -0.4 is 0 Å². The predicted molar refractivity (Wildman–Crippen MR) is 75.0 cm³/mol. The zero-order valence-corrected chi connectivity index (χ0v) is 11.6. The average Bonchev–Trinajstić information content (AvgIpc) is 2.70. The normalized spacial score (nSPS) is 20.1. The molecule has 1 aromatic carbocycles. The maximum atomic E-state index is 10.6. The van der Waals surface area contributed by atoms with Crippen molar-refractivity contribution < 1.29 is 5.11 Å². The molecule has 0 amide bonds. The molecule has 2 nitrogen and oxygen atoms in total. The average molecular weight is 329 g/mol. The number of hydrogen-bond donors (Lipinski definition) is 1. The fourth-order valence-corrected chi connectivity index (χ4v) is 3.07. The van der Waals surface area contributed by atoms with E-state index in [-0.39, 0.29) is 0 Å². The first-order valence-electron chi connectivity index (χ1n) is 5.62. The highest BCUT2D eigenvalue weighted by molar-refractivity contribution is 14.1. The van der Waals surface area contributed by atoms with Crippen molar-refractivity contribution in [1.82, 2.24) is 0 Å². The molecule has 86 valence electrons. The summed E-state index contributed by atoms with van der Waals surface area (Å²) in [6.45, 7) is 0. The maximum absolute atomic E-state index is 10.6. The molecule has 0 aliphatic heterocycles. The van der Waals surface area contributed by atoms with Gasteiger partial charge in [-0.15, -0.1) is 0 Å². The van der Waals surface area contributed by atoms with Gasteiger partial charge in [0.25, 0.3) is 0 Å². The largest absolute Gasteiger partial charge is 0.384 e. The van der Waals surface area contributed by atoms with E-state index < -0.39 is 5.60 Å². The summed E-state index contributed by atoms with van der Waals surface area (Å²) in [6, 6.07) is 8.11. The van der Waals surface area contributed by atoms with Crippen LogP contribution in [0.2, 0.25) is 0 Å². The molecule has 2 rings (SSSR count). The van der Waals surface area contributed by atoms with Crippen molar-refractivity contribution in [3.63, 3.8) is 0 Å². The Hall–Kier alpha value is -0.420. The van der Waals surface area contributed by atoms with E-state index in [9.17, 15) is 5.11 Å². The molecule has 16 heavy (non-hydrogen) atoms. The topological polar surface area (TPSA) is 32.6 Å². The molecular formula is C13H16INO. The molecule has 0 radical (unpaired) electrons. The van der Waals surface area contributed by atoms with Gasteiger partial charge in [-0.1, -0.05) is 31.0 Å². The molecule has 0 saturated heterocycles. The van der Waals surface area contributed by atoms with Gasteiger partial charge in [0.05, 0.1) is 5.71 Å². The van der Waals surface area contributed by atoms with E-state index in [1.54, 1.807) is 7.05 Å². The molecule has 1 saturated carbocycles. The van der Waals surface area contributed by atoms with E-state index in [0.717, 1.165) is 40.5 Å². The van der Waals surface area contributed by atoms with E-state index in [4.69, 9.17) is 0 Å². The van der Waals surface area contributed by atoms with Crippen LogP contribution in [0.15, 0.2) is 29.3 Å². The second-order valence-corrected chi connectivity index (χ2v) is 5.45. The third kappa shape index (κ3) is 2.15. The number of aliphatic imine (C=N–C) groups is 1. The summed E-state index contributed by atoms with van der Waals surface area (Å²) >= 11 is 2.30. The van der Waals surface area contributed by atoms with Crippen molar-refractivity contribution in [2.45, 2.75) is 31.3 Å². The first-order chi connectivity index (χ1) is 7.67. The Morgan fingerprint density at radius 3 is 2.50 bits per heavy atom. The van der Waals surface area contributed by atoms with Gasteiger partial charge in [-0.05, 0) is 41.5 Å². The van der Waals surface area contributed by atoms with Gasteiger partial charge in [0.1, 0.15) is 5.60 Å². The zero-order valence-electron chi connectivity index (χ0n) is 9.41. The summed E-state index contributed by atoms with van der Waals surface area (Å²) in [6.07, 6.45) is 3.87. The summed E-state index contributed by atoms with van der Waals surface area (Å²) in [5, 5.41) is 10.6. The van der Waals surface area contributed by atoms with Crippen molar-refractivity contribution in [2.24, 2.45) is 4.99 Å². The Balaban J connectivity index is 2.41. The Morgan fingerprint density at radius 1 is 1.31 bits per heavy atom. The molecule has 0 bridgehead atoms. The van der Waals surface area contributed by atoms with Gasteiger partial charge in [0.15, 0.2) is 0 Å². The first kappa shape index (κ1) is 12.0. The summed E-state index contributed by atoms with van der Waals surface area (Å²) in [5.74, 6) is 0. The highest BCUT2D eigenvalue weighted by atomic mass is 127. The second kappa shape index (κ2) is 4.84. The lowest BCUT2D eigenvalue weighted by molar-refractivity contribution is 0.121. The van der Waals surface area contributed by atoms with Crippen LogP contribution >= 0.6 is 22.6 Å². The minimum atomic E-state index is -0.698. The molecule has 3 heteroatoms. The number of rotatable bonds is 2. The molecule has 1 aliphatic carbocycles. The molecule has 1 aromatic rings. The fourth-order valence-electron chi connectivity index (χ4n) is 2.43. The Labute approximate surface area is 110 Å². The van der Waals surface area contributed by atoms with E-state index in [0.29, 0.717) is 0 Å². The number of hydrogen-bond acceptors (Lipinski definition) is 2. The highest BCUT2D eigenvalue weighted by Gasteiger charge is 2.37. The van der Waals surface area contributed by atoms with Crippen molar-refractivity contribution in [2.75, 3.05) is 7.05 Å². The highest BCUT2D eigenvalue weighted by Crippen LogP contribution is 2.34. The minimum Gasteiger partial charge on any atom is -0.384 e. The van der Waals surface area contributed by atoms with Gasteiger partial charge in [-0.2, -0.15) is 0 Å². The molecule has 0 spiro atoms. The van der Waals surface area contributed by atoms with Crippen LogP contribution in [-0.2, 0) is 0 Å². The molecule has 0 aromatic heterocycles. The molecular weight excluding hydrogens is 313 g/mol. The third-order valence-corrected chi connectivity index (χ3v) is 4.16. The van der Waals surface area contributed by atoms with Crippen molar-refractivity contribution >= 4 is 28.3 Å². The van der Waals surface area contributed by atoms with Gasteiger partial charge >= 0.3 is 0 Å². The van der Waals surface area contributed by atoms with Gasteiger partial charge in [0, 0.05) is 16.2 Å². The summed E-state index contributed by atoms with van der Waals surface area (Å²) in [5.41, 5.74) is 1.24. The van der Waals surface area contributed by atoms with Crippen molar-refractivity contribution in [3.05, 3.63) is 33.4 Å². The predicted octanol–water partition coefficient (Wildman–Crippen LogP) is 3.02. The number of halogens is 1. The van der Waals surface area contributed by atoms with E-state index in [1.165, 1.54) is 0 Å². The second-order valence-electron chi connectivity index (χ2n) is 4.29. The lowest BCUT2D eigenvalue weighted by atomic mass is 9.90. The van der Waals surface area contributed by atoms with Gasteiger partial charge < -0.3 is 5.11 Å². The van der Waals surface area contributed by atoms with Crippen LogP contribution in [0.5, 0.6) is 0 Å². The van der Waals surface area contributed by atoms with Gasteiger partial charge in [-0.25, -0.2) is 0 Å². The van der Waals surface area contributed by atoms with Gasteiger partial charge in [-0.3, -0.25) is 4.99 Å². The van der Waals surface area contributed by atoms with Crippen molar-refractivity contribution in [3.8, 4) is 0 Å². The van der Waals surface area contributed by atoms with Crippen LogP contribution in [0.1, 0.15) is 31.2 Å². The van der Waals surface area contributed by atoms with Crippen LogP contribution in [0.3, 0.4) is 0 Å². The molecule has 0 atom stereocenters. The van der Waals surface area contributed by atoms with Crippen LogP contribution in [0.4, 0.5) is 0 Å². The van der Waals surface area contributed by atoms with Crippen LogP contribution in [0.25, 0.3) is 0 Å². The number of aliphatic hydroxyl groups is 1. The summed E-state index contributed by atoms with van der Waals surface area (Å²) in [4.78, 5) is 4.33. The smallest absolute Gasteiger partial charge is 0.107 e. The van der Waals surface area contributed by atoms with E-state index >= 15 is 0 Å². The number of benzene rings is 1. The maximum Gasteiger partial charge on any atom is 0.107 e. The van der Waals surface area contributed by atoms with E-state index in [1.807, 2.05) is 18.2 Å². The third-order valence-electron chi connectivity index (χ3n) is 3.22. The lowest BCUT2D eigenvalue weighted by Gasteiger charge is -2.25. The zero-order chi connectivity index (χ0) is 11.6. The summed E-state index contributed by atoms with van der Waals surface area (Å²) < 4.78 is 1.15. The van der Waals surface area contributed by atoms with Gasteiger partial charge in [0.2, 0.25) is 0 Å². The number of nitrogens with zero attached hydrogens (tertiary/aromatic N) is 1. The molecule has 1 aliphatic rings. The van der Waals surface area contributed by atoms with Crippen LogP contribution in [0, 0.1) is 3.57 Å². The minimum absolute atomic E-state index is 0.698. The standard InChI is InChI=1S/C13H16INO/c1-15-12(13(16)8-4-5-9-13)10-6-2-3-7-11(10)14/h2-3,6-7,16H,4-5,8-9H2,1H3/b15-12-. The molecule has 0 unspecified atom stereocenters. The summed E-state index contributed by atoms with van der Waals surface area (Å²) in [7, 11) is 1.77. The molecule has 1 N–H and O–H groups in total. The lowest BCUT2D eigenvalue weighted by Crippen LogP contribution is -2.36.